The average Bonchev–Trinajstić information content (AvgIpc) is 3.58. The monoisotopic (exact) mass is 482 g/mol. The van der Waals surface area contributed by atoms with E-state index in [1.807, 2.05) is 0 Å². The van der Waals surface area contributed by atoms with Crippen molar-refractivity contribution in [3.05, 3.63) is 40.9 Å². The number of rotatable bonds is 9. The summed E-state index contributed by atoms with van der Waals surface area (Å²) in [6.45, 7) is 0.627. The summed E-state index contributed by atoms with van der Waals surface area (Å²) >= 11 is 1.13. The van der Waals surface area contributed by atoms with Crippen molar-refractivity contribution in [2.75, 3.05) is 25.1 Å². The lowest BCUT2D eigenvalue weighted by Gasteiger charge is -2.27. The van der Waals surface area contributed by atoms with Crippen LogP contribution in [0.4, 0.5) is 5.13 Å². The molecule has 174 valence electrons. The quantitative estimate of drug-likeness (QED) is 0.494. The van der Waals surface area contributed by atoms with E-state index in [1.54, 1.807) is 17.5 Å². The first kappa shape index (κ1) is 23.3. The zero-order valence-electron chi connectivity index (χ0n) is 17.3. The lowest BCUT2D eigenvalue weighted by atomic mass is 10.1. The van der Waals surface area contributed by atoms with Gasteiger partial charge in [0, 0.05) is 18.6 Å². The molecule has 2 fully saturated rings. The third kappa shape index (κ3) is 5.36. The van der Waals surface area contributed by atoms with Crippen molar-refractivity contribution in [2.24, 2.45) is 0 Å². The second-order valence-corrected chi connectivity index (χ2v) is 11.0. The van der Waals surface area contributed by atoms with Gasteiger partial charge < -0.3 is 19.7 Å². The van der Waals surface area contributed by atoms with Crippen LogP contribution in [0.2, 0.25) is 0 Å². The van der Waals surface area contributed by atoms with E-state index in [2.05, 4.69) is 10.3 Å². The minimum Gasteiger partial charge on any atom is -0.393 e. The molecular formula is C21H26N2O7S2. The van der Waals surface area contributed by atoms with Crippen LogP contribution in [-0.2, 0) is 24.1 Å². The molecule has 9 nitrogen and oxygen atoms in total. The summed E-state index contributed by atoms with van der Waals surface area (Å²) in [6, 6.07) is 6.27. The summed E-state index contributed by atoms with van der Waals surface area (Å²) in [5, 5.41) is 23.0. The van der Waals surface area contributed by atoms with Crippen LogP contribution >= 0.6 is 11.3 Å². The number of carbonyl (C=O) groups is 1. The van der Waals surface area contributed by atoms with Gasteiger partial charge in [-0.15, -0.1) is 11.3 Å². The van der Waals surface area contributed by atoms with Crippen LogP contribution in [0.1, 0.15) is 49.1 Å². The lowest BCUT2D eigenvalue weighted by Crippen LogP contribution is -2.31. The molecule has 2 unspecified atom stereocenters. The van der Waals surface area contributed by atoms with Crippen LogP contribution in [0.25, 0.3) is 0 Å². The van der Waals surface area contributed by atoms with Crippen LogP contribution in [0, 0.1) is 0 Å². The Labute approximate surface area is 190 Å². The molecule has 3 N–H and O–H groups in total. The van der Waals surface area contributed by atoms with E-state index in [9.17, 15) is 18.3 Å². The van der Waals surface area contributed by atoms with E-state index in [4.69, 9.17) is 14.6 Å². The molecule has 2 aliphatic rings. The number of ether oxygens (including phenoxy) is 2. The fourth-order valence-electron chi connectivity index (χ4n) is 3.46. The largest absolute Gasteiger partial charge is 0.393 e. The summed E-state index contributed by atoms with van der Waals surface area (Å²) in [6.07, 6.45) is 0.422. The van der Waals surface area contributed by atoms with Gasteiger partial charge >= 0.3 is 0 Å². The summed E-state index contributed by atoms with van der Waals surface area (Å²) in [7, 11) is -3.32. The molecule has 1 saturated heterocycles. The average molecular weight is 483 g/mol. The second-order valence-electron chi connectivity index (χ2n) is 7.91. The Bertz CT molecular complexity index is 1030. The number of hydrogen-bond donors (Lipinski definition) is 3. The summed E-state index contributed by atoms with van der Waals surface area (Å²) in [5.74, 6) is -0.450. The smallest absolute Gasteiger partial charge is 0.259 e. The zero-order chi connectivity index (χ0) is 22.7. The molecule has 0 spiro atoms. The molecule has 11 heteroatoms. The molecule has 1 aliphatic carbocycles. The van der Waals surface area contributed by atoms with Gasteiger partial charge in [-0.05, 0) is 43.4 Å². The van der Waals surface area contributed by atoms with Gasteiger partial charge in [-0.1, -0.05) is 12.1 Å². The SMILES string of the molecule is O=C(Nc1nc(C(O)CO)cs1)C(OC1CCOCC1)c1ccc(S(=O)(=O)C2CC2)cc1. The van der Waals surface area contributed by atoms with Gasteiger partial charge in [0.25, 0.3) is 5.91 Å². The molecule has 0 radical (unpaired) electrons. The highest BCUT2D eigenvalue weighted by atomic mass is 32.2. The number of aromatic nitrogens is 1. The number of benzene rings is 1. The van der Waals surface area contributed by atoms with Gasteiger partial charge in [-0.25, -0.2) is 13.4 Å². The number of aliphatic hydroxyl groups is 2. The van der Waals surface area contributed by atoms with Crippen molar-refractivity contribution in [2.45, 2.75) is 54.1 Å². The maximum absolute atomic E-state index is 13.1. The van der Waals surface area contributed by atoms with Crippen molar-refractivity contribution in [3.63, 3.8) is 0 Å². The van der Waals surface area contributed by atoms with E-state index >= 15 is 0 Å². The number of aliphatic hydroxyl groups excluding tert-OH is 2. The highest BCUT2D eigenvalue weighted by molar-refractivity contribution is 7.92. The molecule has 0 bridgehead atoms. The van der Waals surface area contributed by atoms with Crippen LogP contribution < -0.4 is 5.32 Å². The molecule has 1 aromatic heterocycles. The van der Waals surface area contributed by atoms with Gasteiger partial charge in [0.15, 0.2) is 21.1 Å². The number of amides is 1. The van der Waals surface area contributed by atoms with E-state index in [0.29, 0.717) is 44.5 Å². The molecule has 2 atom stereocenters. The molecular weight excluding hydrogens is 456 g/mol. The number of anilines is 1. The standard InChI is InChI=1S/C21H26N2O7S2/c24-11-18(25)17-12-31-21(22-17)23-20(26)19(30-14-7-9-29-10-8-14)13-1-3-15(4-2-13)32(27,28)16-5-6-16/h1-4,12,14,16,18-19,24-25H,5-11H2,(H,22,23,26). The number of sulfone groups is 1. The minimum absolute atomic E-state index is 0.169. The van der Waals surface area contributed by atoms with Gasteiger partial charge in [0.1, 0.15) is 6.10 Å². The predicted molar refractivity (Wildman–Crippen MR) is 117 cm³/mol. The first-order chi connectivity index (χ1) is 15.4. The topological polar surface area (TPSA) is 135 Å². The van der Waals surface area contributed by atoms with Crippen molar-refractivity contribution < 1.29 is 32.9 Å². The Morgan fingerprint density at radius 1 is 1.22 bits per heavy atom. The normalized spacial score (nSPS) is 19.4. The molecule has 4 rings (SSSR count). The van der Waals surface area contributed by atoms with Gasteiger partial charge in [-0.2, -0.15) is 0 Å². The molecule has 1 amide bonds. The third-order valence-electron chi connectivity index (χ3n) is 5.48. The Morgan fingerprint density at radius 3 is 2.53 bits per heavy atom. The van der Waals surface area contributed by atoms with Crippen LogP contribution in [0.5, 0.6) is 0 Å². The van der Waals surface area contributed by atoms with Crippen molar-refractivity contribution in [3.8, 4) is 0 Å². The van der Waals surface area contributed by atoms with Crippen LogP contribution in [0.3, 0.4) is 0 Å². The first-order valence-electron chi connectivity index (χ1n) is 10.5. The Morgan fingerprint density at radius 2 is 1.91 bits per heavy atom. The number of thiazole rings is 1. The highest BCUT2D eigenvalue weighted by Crippen LogP contribution is 2.34. The molecule has 1 aliphatic heterocycles. The predicted octanol–water partition coefficient (Wildman–Crippen LogP) is 1.98. The van der Waals surface area contributed by atoms with Crippen molar-refractivity contribution >= 4 is 32.2 Å². The maximum atomic E-state index is 13.1. The number of carbonyl (C=O) groups excluding carboxylic acids is 1. The third-order valence-corrected chi connectivity index (χ3v) is 8.53. The van der Waals surface area contributed by atoms with E-state index < -0.39 is 34.6 Å². The van der Waals surface area contributed by atoms with Crippen LogP contribution in [0.15, 0.2) is 34.5 Å². The molecule has 32 heavy (non-hydrogen) atoms. The van der Waals surface area contributed by atoms with E-state index in [-0.39, 0.29) is 27.1 Å². The second kappa shape index (κ2) is 9.94. The van der Waals surface area contributed by atoms with Gasteiger partial charge in [0.2, 0.25) is 0 Å². The Kier molecular flexibility index (Phi) is 7.23. The fraction of sp³-hybridized carbons (Fsp3) is 0.524. The van der Waals surface area contributed by atoms with Crippen molar-refractivity contribution in [1.29, 1.82) is 0 Å². The van der Waals surface area contributed by atoms with E-state index in [1.165, 1.54) is 12.1 Å². The summed E-state index contributed by atoms with van der Waals surface area (Å²) < 4.78 is 36.4. The van der Waals surface area contributed by atoms with Crippen LogP contribution in [-0.4, -0.2) is 60.7 Å². The molecule has 2 aromatic rings. The van der Waals surface area contributed by atoms with Crippen molar-refractivity contribution in [1.82, 2.24) is 4.98 Å². The number of hydrogen-bond acceptors (Lipinski definition) is 9. The molecule has 2 heterocycles. The zero-order valence-corrected chi connectivity index (χ0v) is 19.0. The Balaban J connectivity index is 1.53. The molecule has 1 aromatic carbocycles. The maximum Gasteiger partial charge on any atom is 0.259 e. The number of nitrogens with zero attached hydrogens (tertiary/aromatic N) is 1. The highest BCUT2D eigenvalue weighted by Gasteiger charge is 2.37. The minimum atomic E-state index is -3.32. The van der Waals surface area contributed by atoms with E-state index in [0.717, 1.165) is 11.3 Å². The fourth-order valence-corrected chi connectivity index (χ4v) is 5.88. The summed E-state index contributed by atoms with van der Waals surface area (Å²) in [4.78, 5) is 17.5. The van der Waals surface area contributed by atoms with Gasteiger partial charge in [-0.3, -0.25) is 10.1 Å². The Hall–Kier alpha value is -1.89. The molecule has 1 saturated carbocycles. The lowest BCUT2D eigenvalue weighted by molar-refractivity contribution is -0.136. The number of nitrogens with one attached hydrogen (secondary N) is 1. The summed E-state index contributed by atoms with van der Waals surface area (Å²) in [5.41, 5.74) is 0.806. The van der Waals surface area contributed by atoms with Gasteiger partial charge in [0.05, 0.1) is 28.6 Å². The first-order valence-corrected chi connectivity index (χ1v) is 12.9.